The number of aromatic nitrogens is 2. The average Bonchev–Trinajstić information content (AvgIpc) is 2.60. The lowest BCUT2D eigenvalue weighted by molar-refractivity contribution is -0.140. The molecule has 0 bridgehead atoms. The summed E-state index contributed by atoms with van der Waals surface area (Å²) >= 11 is 11.6. The fourth-order valence-electron chi connectivity index (χ4n) is 1.53. The minimum absolute atomic E-state index is 0.0705. The Morgan fingerprint density at radius 2 is 1.89 bits per heavy atom. The van der Waals surface area contributed by atoms with Crippen molar-refractivity contribution in [2.45, 2.75) is 6.18 Å². The molecule has 1 aromatic heterocycles. The molecule has 0 saturated heterocycles. The molecule has 0 radical (unpaired) electrons. The van der Waals surface area contributed by atoms with Crippen LogP contribution in [0.15, 0.2) is 18.2 Å². The highest BCUT2D eigenvalue weighted by Gasteiger charge is 2.37. The number of nitrogens with zero attached hydrogens (tertiary/aromatic N) is 1. The number of benzene rings is 1. The van der Waals surface area contributed by atoms with Crippen LogP contribution >= 0.6 is 23.2 Å². The number of anilines is 1. The van der Waals surface area contributed by atoms with Crippen molar-refractivity contribution in [1.29, 1.82) is 0 Å². The van der Waals surface area contributed by atoms with Crippen molar-refractivity contribution >= 4 is 29.0 Å². The molecule has 0 atom stereocenters. The lowest BCUT2D eigenvalue weighted by Gasteiger charge is -2.09. The maximum absolute atomic E-state index is 12.8. The molecule has 0 aliphatic heterocycles. The zero-order valence-electron chi connectivity index (χ0n) is 8.65. The molecule has 0 unspecified atom stereocenters. The maximum Gasteiger partial charge on any atom is 0.433 e. The van der Waals surface area contributed by atoms with E-state index in [-0.39, 0.29) is 22.0 Å². The van der Waals surface area contributed by atoms with E-state index >= 15 is 0 Å². The number of nitrogen functional groups attached to an aromatic ring is 1. The van der Waals surface area contributed by atoms with E-state index in [1.807, 2.05) is 5.10 Å². The summed E-state index contributed by atoms with van der Waals surface area (Å²) in [7, 11) is 0. The molecule has 0 saturated carbocycles. The molecule has 3 nitrogen and oxygen atoms in total. The SMILES string of the molecule is Nc1n[nH]c(C(F)(F)F)c1-c1ccc(Cl)cc1Cl. The van der Waals surface area contributed by atoms with Gasteiger partial charge in [0.05, 0.1) is 10.6 Å². The van der Waals surface area contributed by atoms with Gasteiger partial charge in [0.1, 0.15) is 5.69 Å². The van der Waals surface area contributed by atoms with Gasteiger partial charge in [-0.3, -0.25) is 5.10 Å². The van der Waals surface area contributed by atoms with Gasteiger partial charge in [-0.05, 0) is 12.1 Å². The van der Waals surface area contributed by atoms with Gasteiger partial charge in [-0.25, -0.2) is 0 Å². The fraction of sp³-hybridized carbons (Fsp3) is 0.100. The normalized spacial score (nSPS) is 11.8. The van der Waals surface area contributed by atoms with E-state index in [0.717, 1.165) is 0 Å². The van der Waals surface area contributed by atoms with Crippen molar-refractivity contribution in [2.75, 3.05) is 5.73 Å². The molecule has 8 heteroatoms. The highest BCUT2D eigenvalue weighted by molar-refractivity contribution is 6.36. The van der Waals surface area contributed by atoms with Gasteiger partial charge >= 0.3 is 6.18 Å². The number of nitrogens with two attached hydrogens (primary N) is 1. The highest BCUT2D eigenvalue weighted by Crippen LogP contribution is 2.41. The third-order valence-electron chi connectivity index (χ3n) is 2.28. The minimum Gasteiger partial charge on any atom is -0.382 e. The van der Waals surface area contributed by atoms with Crippen molar-refractivity contribution < 1.29 is 13.2 Å². The van der Waals surface area contributed by atoms with Crippen LogP contribution in [-0.4, -0.2) is 10.2 Å². The third kappa shape index (κ3) is 2.26. The fourth-order valence-corrected chi connectivity index (χ4v) is 2.03. The van der Waals surface area contributed by atoms with E-state index in [4.69, 9.17) is 28.9 Å². The number of rotatable bonds is 1. The number of hydrogen-bond donors (Lipinski definition) is 2. The van der Waals surface area contributed by atoms with Crippen LogP contribution in [0.5, 0.6) is 0 Å². The van der Waals surface area contributed by atoms with Gasteiger partial charge in [0.2, 0.25) is 0 Å². The van der Waals surface area contributed by atoms with Crippen molar-refractivity contribution in [1.82, 2.24) is 10.2 Å². The molecule has 3 N–H and O–H groups in total. The first-order chi connectivity index (χ1) is 8.30. The van der Waals surface area contributed by atoms with Gasteiger partial charge in [0.15, 0.2) is 5.82 Å². The second-order valence-corrected chi connectivity index (χ2v) is 4.32. The zero-order chi connectivity index (χ0) is 13.5. The zero-order valence-corrected chi connectivity index (χ0v) is 10.2. The summed E-state index contributed by atoms with van der Waals surface area (Å²) in [4.78, 5) is 0. The van der Waals surface area contributed by atoms with Crippen LogP contribution in [0.1, 0.15) is 5.69 Å². The Balaban J connectivity index is 2.67. The second kappa shape index (κ2) is 4.37. The maximum atomic E-state index is 12.8. The smallest absolute Gasteiger partial charge is 0.382 e. The summed E-state index contributed by atoms with van der Waals surface area (Å²) < 4.78 is 38.3. The van der Waals surface area contributed by atoms with Crippen molar-refractivity contribution in [2.24, 2.45) is 0 Å². The molecular weight excluding hydrogens is 290 g/mol. The Morgan fingerprint density at radius 1 is 1.22 bits per heavy atom. The van der Waals surface area contributed by atoms with E-state index in [9.17, 15) is 13.2 Å². The van der Waals surface area contributed by atoms with Crippen LogP contribution in [-0.2, 0) is 6.18 Å². The van der Waals surface area contributed by atoms with Gasteiger partial charge in [-0.1, -0.05) is 29.3 Å². The van der Waals surface area contributed by atoms with E-state index in [1.165, 1.54) is 18.2 Å². The number of alkyl halides is 3. The van der Waals surface area contributed by atoms with Gasteiger partial charge < -0.3 is 5.73 Å². The van der Waals surface area contributed by atoms with Gasteiger partial charge in [-0.2, -0.15) is 18.3 Å². The molecule has 2 rings (SSSR count). The number of H-pyrrole nitrogens is 1. The number of hydrogen-bond acceptors (Lipinski definition) is 2. The molecule has 1 heterocycles. The predicted molar refractivity (Wildman–Crippen MR) is 63.5 cm³/mol. The summed E-state index contributed by atoms with van der Waals surface area (Å²) in [5.41, 5.74) is 4.26. The number of halogens is 5. The molecule has 2 aromatic rings. The van der Waals surface area contributed by atoms with Crippen LogP contribution < -0.4 is 5.73 Å². The summed E-state index contributed by atoms with van der Waals surface area (Å²) in [6.07, 6.45) is -4.59. The average molecular weight is 296 g/mol. The Labute approximate surface area is 110 Å². The second-order valence-electron chi connectivity index (χ2n) is 3.48. The van der Waals surface area contributed by atoms with Crippen molar-refractivity contribution in [3.8, 4) is 11.1 Å². The van der Waals surface area contributed by atoms with Gasteiger partial charge in [-0.15, -0.1) is 0 Å². The van der Waals surface area contributed by atoms with Crippen LogP contribution in [0.3, 0.4) is 0 Å². The molecule has 18 heavy (non-hydrogen) atoms. The van der Waals surface area contributed by atoms with E-state index in [1.54, 1.807) is 0 Å². The lowest BCUT2D eigenvalue weighted by atomic mass is 10.1. The quantitative estimate of drug-likeness (QED) is 0.836. The first kappa shape index (κ1) is 13.0. The number of aromatic amines is 1. The monoisotopic (exact) mass is 295 g/mol. The molecule has 96 valence electrons. The van der Waals surface area contributed by atoms with E-state index in [0.29, 0.717) is 5.02 Å². The van der Waals surface area contributed by atoms with Crippen molar-refractivity contribution in [3.05, 3.63) is 33.9 Å². The topological polar surface area (TPSA) is 54.7 Å². The highest BCUT2D eigenvalue weighted by atomic mass is 35.5. The van der Waals surface area contributed by atoms with Crippen LogP contribution in [0, 0.1) is 0 Å². The summed E-state index contributed by atoms with van der Waals surface area (Å²) in [5.74, 6) is -0.272. The molecule has 0 aliphatic carbocycles. The Hall–Kier alpha value is -1.40. The summed E-state index contributed by atoms with van der Waals surface area (Å²) in [5, 5.41) is 5.62. The van der Waals surface area contributed by atoms with Crippen LogP contribution in [0.25, 0.3) is 11.1 Å². The standard InChI is InChI=1S/C10H6Cl2F3N3/c11-4-1-2-5(6(12)3-4)7-8(10(13,14)15)17-18-9(7)16/h1-3H,(H3,16,17,18). The largest absolute Gasteiger partial charge is 0.433 e. The Bertz CT molecular complexity index is 593. The van der Waals surface area contributed by atoms with Crippen LogP contribution in [0.2, 0.25) is 10.0 Å². The van der Waals surface area contributed by atoms with Crippen LogP contribution in [0.4, 0.5) is 19.0 Å². The van der Waals surface area contributed by atoms with E-state index in [2.05, 4.69) is 5.10 Å². The molecule has 0 fully saturated rings. The molecule has 0 spiro atoms. The third-order valence-corrected chi connectivity index (χ3v) is 2.83. The van der Waals surface area contributed by atoms with Gasteiger partial charge in [0, 0.05) is 10.6 Å². The molecule has 0 aliphatic rings. The first-order valence-electron chi connectivity index (χ1n) is 4.67. The summed E-state index contributed by atoms with van der Waals surface area (Å²) in [6.45, 7) is 0. The van der Waals surface area contributed by atoms with Crippen molar-refractivity contribution in [3.63, 3.8) is 0 Å². The first-order valence-corrected chi connectivity index (χ1v) is 5.42. The van der Waals surface area contributed by atoms with E-state index < -0.39 is 11.9 Å². The Kier molecular flexibility index (Phi) is 3.16. The lowest BCUT2D eigenvalue weighted by Crippen LogP contribution is -2.07. The molecule has 0 amide bonds. The van der Waals surface area contributed by atoms with Gasteiger partial charge in [0.25, 0.3) is 0 Å². The summed E-state index contributed by atoms with van der Waals surface area (Å²) in [6, 6.07) is 4.13. The predicted octanol–water partition coefficient (Wildman–Crippen LogP) is 3.98. The number of nitrogens with one attached hydrogen (secondary N) is 1. The molecule has 1 aromatic carbocycles. The minimum atomic E-state index is -4.59. The molecular formula is C10H6Cl2F3N3. The Morgan fingerprint density at radius 3 is 2.44 bits per heavy atom.